The van der Waals surface area contributed by atoms with Gasteiger partial charge in [-0.25, -0.2) is 0 Å². The van der Waals surface area contributed by atoms with Crippen molar-refractivity contribution in [2.45, 2.75) is 92.4 Å². The highest BCUT2D eigenvalue weighted by Gasteiger charge is 2.58. The number of nitrogens with one attached hydrogen (secondary N) is 1. The quantitative estimate of drug-likeness (QED) is 0.276. The van der Waals surface area contributed by atoms with E-state index >= 15 is 0 Å². The minimum Gasteiger partial charge on any atom is -0.271 e. The molecule has 206 valence electrons. The van der Waals surface area contributed by atoms with Crippen LogP contribution < -0.4 is 5.43 Å². The first kappa shape index (κ1) is 27.1. The molecule has 7 atom stereocenters. The highest BCUT2D eigenvalue weighted by atomic mass is 16.6. The van der Waals surface area contributed by atoms with Crippen molar-refractivity contribution in [2.24, 2.45) is 51.4 Å². The lowest BCUT2D eigenvalue weighted by molar-refractivity contribution is -0.384. The first-order valence-corrected chi connectivity index (χ1v) is 15.1. The number of allylic oxidation sites excluding steroid dienone is 4. The number of nitro benzene ring substituents is 1. The number of rotatable bonds is 8. The van der Waals surface area contributed by atoms with Crippen molar-refractivity contribution in [2.75, 3.05) is 5.43 Å². The van der Waals surface area contributed by atoms with Gasteiger partial charge in [0, 0.05) is 6.07 Å². The van der Waals surface area contributed by atoms with Crippen molar-refractivity contribution >= 4 is 17.1 Å². The van der Waals surface area contributed by atoms with Crippen LogP contribution in [0.5, 0.6) is 0 Å². The maximum Gasteiger partial charge on any atom is 0.294 e. The molecule has 0 amide bonds. The molecular weight excluding hydrogens is 470 g/mol. The summed E-state index contributed by atoms with van der Waals surface area (Å²) in [5.41, 5.74) is 6.53. The van der Waals surface area contributed by atoms with E-state index in [1.807, 2.05) is 0 Å². The van der Waals surface area contributed by atoms with Crippen LogP contribution in [0.15, 0.2) is 53.2 Å². The molecule has 4 aliphatic rings. The highest BCUT2D eigenvalue weighted by molar-refractivity contribution is 5.97. The summed E-state index contributed by atoms with van der Waals surface area (Å²) >= 11 is 0. The van der Waals surface area contributed by atoms with Crippen LogP contribution in [0.4, 0.5) is 11.4 Å². The van der Waals surface area contributed by atoms with Gasteiger partial charge >= 0.3 is 0 Å². The van der Waals surface area contributed by atoms with E-state index in [0.717, 1.165) is 42.2 Å². The zero-order valence-electron chi connectivity index (χ0n) is 24.1. The third-order valence-electron chi connectivity index (χ3n) is 11.2. The van der Waals surface area contributed by atoms with Crippen molar-refractivity contribution in [3.05, 3.63) is 58.2 Å². The summed E-state index contributed by atoms with van der Waals surface area (Å²) in [5.74, 6) is 4.72. The Morgan fingerprint density at radius 3 is 2.63 bits per heavy atom. The molecule has 2 fully saturated rings. The van der Waals surface area contributed by atoms with Gasteiger partial charge in [0.25, 0.3) is 5.69 Å². The van der Waals surface area contributed by atoms with Gasteiger partial charge in [-0.2, -0.15) is 5.10 Å². The smallest absolute Gasteiger partial charge is 0.271 e. The average Bonchev–Trinajstić information content (AvgIpc) is 3.24. The number of fused-ring (bicyclic) bond motifs is 5. The van der Waals surface area contributed by atoms with E-state index in [1.54, 1.807) is 18.2 Å². The molecule has 0 unspecified atom stereocenters. The fraction of sp³-hybridized carbons (Fsp3) is 0.667. The van der Waals surface area contributed by atoms with Crippen molar-refractivity contribution in [1.82, 2.24) is 0 Å². The molecule has 5 rings (SSSR count). The molecule has 0 bridgehead atoms. The van der Waals surface area contributed by atoms with Crippen molar-refractivity contribution in [3.63, 3.8) is 0 Å². The summed E-state index contributed by atoms with van der Waals surface area (Å²) in [6, 6.07) is 6.71. The Hall–Kier alpha value is -2.43. The Kier molecular flexibility index (Phi) is 7.59. The van der Waals surface area contributed by atoms with Crippen LogP contribution >= 0.6 is 0 Å². The molecule has 0 saturated heterocycles. The summed E-state index contributed by atoms with van der Waals surface area (Å²) in [7, 11) is 0. The van der Waals surface area contributed by atoms with Crippen LogP contribution in [0.25, 0.3) is 0 Å². The Morgan fingerprint density at radius 1 is 1.08 bits per heavy atom. The van der Waals surface area contributed by atoms with Crippen LogP contribution in [0.3, 0.4) is 0 Å². The molecule has 1 N–H and O–H groups in total. The number of para-hydroxylation sites is 2. The lowest BCUT2D eigenvalue weighted by Crippen LogP contribution is -2.49. The SMILES string of the molecule is CC(C)CCC[C@@H](C)[C@H]1CC[C@H]2[C@@H]3C=CC4=C/C(=N/Nc5ccccc5[N+](=O)[O-])CC[C@]4(C)[C@H]3CC[C@]12C. The number of hydrogen-bond acceptors (Lipinski definition) is 4. The molecular formula is C33H47N3O2. The lowest BCUT2D eigenvalue weighted by Gasteiger charge is -2.56. The minimum absolute atomic E-state index is 0.0555. The molecule has 5 nitrogen and oxygen atoms in total. The number of benzene rings is 1. The van der Waals surface area contributed by atoms with Crippen LogP contribution in [-0.4, -0.2) is 10.6 Å². The second kappa shape index (κ2) is 10.6. The number of hydrogen-bond donors (Lipinski definition) is 1. The third-order valence-corrected chi connectivity index (χ3v) is 11.2. The minimum atomic E-state index is -0.361. The summed E-state index contributed by atoms with van der Waals surface area (Å²) in [6.45, 7) is 12.4. The number of anilines is 1. The van der Waals surface area contributed by atoms with E-state index in [9.17, 15) is 10.1 Å². The average molecular weight is 518 g/mol. The zero-order valence-corrected chi connectivity index (χ0v) is 24.1. The highest BCUT2D eigenvalue weighted by Crippen LogP contribution is 2.66. The van der Waals surface area contributed by atoms with E-state index in [-0.39, 0.29) is 16.0 Å². The van der Waals surface area contributed by atoms with Gasteiger partial charge in [-0.05, 0) is 103 Å². The van der Waals surface area contributed by atoms with Crippen molar-refractivity contribution in [1.29, 1.82) is 0 Å². The standard InChI is InChI=1S/C33H47N3O2/c1-22(2)9-8-10-23(3)27-15-16-28-26-14-13-24-21-25(34-35-30-11-6-7-12-31(30)36(37)38)17-19-32(24,4)29(26)18-20-33(27,28)5/h6-7,11-14,21-23,26-29,35H,8-10,15-20H2,1-5H3/b34-25+/t23-,26+,27-,28+,29+,32+,33-/m1/s1. The van der Waals surface area contributed by atoms with Gasteiger partial charge in [-0.3, -0.25) is 15.5 Å². The lowest BCUT2D eigenvalue weighted by atomic mass is 9.48. The zero-order chi connectivity index (χ0) is 27.1. The predicted octanol–water partition coefficient (Wildman–Crippen LogP) is 9.18. The molecule has 0 radical (unpaired) electrons. The van der Waals surface area contributed by atoms with E-state index < -0.39 is 0 Å². The Balaban J connectivity index is 1.32. The van der Waals surface area contributed by atoms with Crippen LogP contribution in [0.2, 0.25) is 0 Å². The second-order valence-corrected chi connectivity index (χ2v) is 13.7. The van der Waals surface area contributed by atoms with E-state index in [2.05, 4.69) is 63.4 Å². The van der Waals surface area contributed by atoms with E-state index in [0.29, 0.717) is 22.9 Å². The Morgan fingerprint density at radius 2 is 1.87 bits per heavy atom. The maximum atomic E-state index is 11.4. The van der Waals surface area contributed by atoms with Crippen LogP contribution in [0, 0.1) is 56.5 Å². The third kappa shape index (κ3) is 4.86. The fourth-order valence-corrected chi connectivity index (χ4v) is 8.98. The largest absolute Gasteiger partial charge is 0.294 e. The summed E-state index contributed by atoms with van der Waals surface area (Å²) < 4.78 is 0. The van der Waals surface area contributed by atoms with Crippen LogP contribution in [-0.2, 0) is 0 Å². The molecule has 0 heterocycles. The van der Waals surface area contributed by atoms with Gasteiger partial charge in [0.2, 0.25) is 0 Å². The Labute approximate surface area is 229 Å². The molecule has 5 heteroatoms. The van der Waals surface area contributed by atoms with Gasteiger partial charge in [-0.15, -0.1) is 0 Å². The van der Waals surface area contributed by atoms with E-state index in [4.69, 9.17) is 0 Å². The first-order chi connectivity index (χ1) is 18.1. The molecule has 0 aromatic heterocycles. The summed E-state index contributed by atoms with van der Waals surface area (Å²) in [4.78, 5) is 11.0. The van der Waals surface area contributed by atoms with Gasteiger partial charge in [0.1, 0.15) is 5.69 Å². The number of hydrazone groups is 1. The maximum absolute atomic E-state index is 11.4. The number of nitrogens with zero attached hydrogens (tertiary/aromatic N) is 2. The molecule has 0 spiro atoms. The Bertz CT molecular complexity index is 1140. The summed E-state index contributed by atoms with van der Waals surface area (Å²) in [5, 5.41) is 16.0. The molecule has 2 saturated carbocycles. The normalized spacial score (nSPS) is 35.8. The predicted molar refractivity (Wildman–Crippen MR) is 157 cm³/mol. The summed E-state index contributed by atoms with van der Waals surface area (Å²) in [6.07, 6.45) is 18.9. The van der Waals surface area contributed by atoms with Crippen molar-refractivity contribution in [3.8, 4) is 0 Å². The molecule has 1 aromatic carbocycles. The fourth-order valence-electron chi connectivity index (χ4n) is 8.98. The molecule has 38 heavy (non-hydrogen) atoms. The van der Waals surface area contributed by atoms with Crippen LogP contribution in [0.1, 0.15) is 92.4 Å². The molecule has 4 aliphatic carbocycles. The van der Waals surface area contributed by atoms with Gasteiger partial charge in [0.05, 0.1) is 10.6 Å². The molecule has 1 aromatic rings. The monoisotopic (exact) mass is 517 g/mol. The first-order valence-electron chi connectivity index (χ1n) is 15.1. The molecule has 0 aliphatic heterocycles. The van der Waals surface area contributed by atoms with Gasteiger partial charge < -0.3 is 0 Å². The van der Waals surface area contributed by atoms with Gasteiger partial charge in [-0.1, -0.05) is 78.2 Å². The van der Waals surface area contributed by atoms with Gasteiger partial charge in [0.15, 0.2) is 0 Å². The number of nitro groups is 1. The topological polar surface area (TPSA) is 67.5 Å². The van der Waals surface area contributed by atoms with Crippen molar-refractivity contribution < 1.29 is 4.92 Å². The van der Waals surface area contributed by atoms with E-state index in [1.165, 1.54) is 56.6 Å². The second-order valence-electron chi connectivity index (χ2n) is 13.7.